The van der Waals surface area contributed by atoms with Gasteiger partial charge in [-0.1, -0.05) is 37.2 Å². The minimum absolute atomic E-state index is 0.175. The number of aromatic nitrogens is 3. The van der Waals surface area contributed by atoms with Crippen LogP contribution in [0.5, 0.6) is 0 Å². The van der Waals surface area contributed by atoms with Gasteiger partial charge in [-0.25, -0.2) is 4.98 Å². The maximum absolute atomic E-state index is 5.65. The van der Waals surface area contributed by atoms with Gasteiger partial charge in [0.1, 0.15) is 5.82 Å². The van der Waals surface area contributed by atoms with Crippen molar-refractivity contribution in [2.24, 2.45) is 0 Å². The molecule has 0 unspecified atom stereocenters. The molecule has 158 valence electrons. The Morgan fingerprint density at radius 2 is 1.93 bits per heavy atom. The van der Waals surface area contributed by atoms with E-state index < -0.39 is 0 Å². The lowest BCUT2D eigenvalue weighted by Gasteiger charge is -2.31. The Hall–Kier alpha value is -2.51. The van der Waals surface area contributed by atoms with Gasteiger partial charge in [0, 0.05) is 36.5 Å². The van der Waals surface area contributed by atoms with E-state index in [4.69, 9.17) is 14.2 Å². The highest BCUT2D eigenvalue weighted by atomic mass is 16.5. The number of hydrogen-bond acceptors (Lipinski definition) is 7. The van der Waals surface area contributed by atoms with Crippen molar-refractivity contribution in [2.75, 3.05) is 37.7 Å². The molecular formula is C23H29N5O2. The minimum Gasteiger partial charge on any atom is -0.378 e. The van der Waals surface area contributed by atoms with Crippen molar-refractivity contribution in [2.45, 2.75) is 45.2 Å². The van der Waals surface area contributed by atoms with Crippen molar-refractivity contribution in [3.63, 3.8) is 0 Å². The second kappa shape index (κ2) is 8.32. The van der Waals surface area contributed by atoms with E-state index in [1.54, 1.807) is 0 Å². The number of ether oxygens (including phenoxy) is 1. The predicted octanol–water partition coefficient (Wildman–Crippen LogP) is 3.91. The smallest absolute Gasteiger partial charge is 0.244 e. The highest BCUT2D eigenvalue weighted by Gasteiger charge is 2.32. The fraction of sp³-hybridized carbons (Fsp3) is 0.522. The number of nitrogens with zero attached hydrogens (tertiary/aromatic N) is 5. The molecule has 4 heterocycles. The van der Waals surface area contributed by atoms with Crippen LogP contribution in [0.4, 0.5) is 5.82 Å². The summed E-state index contributed by atoms with van der Waals surface area (Å²) >= 11 is 0. The number of hydrogen-bond donors (Lipinski definition) is 0. The summed E-state index contributed by atoms with van der Waals surface area (Å²) in [6.45, 7) is 9.30. The normalized spacial score (nSPS) is 20.5. The standard InChI is InChI=1S/C23H29N5O2/c1-16(2)21-25-23(30-26-21)20-8-5-9-28(20)15-18-14-17-6-3-4-7-19(17)24-22(18)27-10-12-29-13-11-27/h3-4,6-7,14,16,20H,5,8-13,15H2,1-2H3/t20-/m0/s1. The van der Waals surface area contributed by atoms with Gasteiger partial charge in [0.05, 0.1) is 24.8 Å². The predicted molar refractivity (Wildman–Crippen MR) is 116 cm³/mol. The Morgan fingerprint density at radius 1 is 1.10 bits per heavy atom. The summed E-state index contributed by atoms with van der Waals surface area (Å²) in [7, 11) is 0. The zero-order valence-electron chi connectivity index (χ0n) is 17.8. The van der Waals surface area contributed by atoms with E-state index in [2.05, 4.69) is 64.1 Å². The van der Waals surface area contributed by atoms with Gasteiger partial charge in [0.15, 0.2) is 5.82 Å². The number of likely N-dealkylation sites (tertiary alicyclic amines) is 1. The van der Waals surface area contributed by atoms with E-state index in [1.807, 2.05) is 0 Å². The largest absolute Gasteiger partial charge is 0.378 e. The highest BCUT2D eigenvalue weighted by Crippen LogP contribution is 2.35. The van der Waals surface area contributed by atoms with Crippen LogP contribution in [0.1, 0.15) is 55.9 Å². The summed E-state index contributed by atoms with van der Waals surface area (Å²) in [5.41, 5.74) is 2.30. The van der Waals surface area contributed by atoms with Gasteiger partial charge >= 0.3 is 0 Å². The van der Waals surface area contributed by atoms with Crippen LogP contribution < -0.4 is 4.90 Å². The minimum atomic E-state index is 0.175. The summed E-state index contributed by atoms with van der Waals surface area (Å²) < 4.78 is 11.2. The molecule has 2 fully saturated rings. The number of rotatable bonds is 5. The molecule has 0 N–H and O–H groups in total. The van der Waals surface area contributed by atoms with Gasteiger partial charge < -0.3 is 14.2 Å². The molecule has 0 saturated carbocycles. The first-order valence-electron chi connectivity index (χ1n) is 11.0. The molecule has 0 bridgehead atoms. The third-order valence-corrected chi connectivity index (χ3v) is 6.09. The molecule has 3 aromatic rings. The quantitative estimate of drug-likeness (QED) is 0.635. The molecule has 0 spiro atoms. The number of benzene rings is 1. The van der Waals surface area contributed by atoms with Crippen LogP contribution in [0.3, 0.4) is 0 Å². The third-order valence-electron chi connectivity index (χ3n) is 6.09. The molecule has 0 amide bonds. The first kappa shape index (κ1) is 19.5. The number of para-hydroxylation sites is 1. The molecule has 0 aliphatic carbocycles. The van der Waals surface area contributed by atoms with E-state index in [0.717, 1.165) is 75.3 Å². The molecule has 30 heavy (non-hydrogen) atoms. The second-order valence-electron chi connectivity index (χ2n) is 8.54. The van der Waals surface area contributed by atoms with Gasteiger partial charge in [0.2, 0.25) is 5.89 Å². The van der Waals surface area contributed by atoms with Crippen LogP contribution in [0.25, 0.3) is 10.9 Å². The topological polar surface area (TPSA) is 67.5 Å². The van der Waals surface area contributed by atoms with Crippen molar-refractivity contribution >= 4 is 16.7 Å². The fourth-order valence-corrected chi connectivity index (χ4v) is 4.45. The third kappa shape index (κ3) is 3.79. The van der Waals surface area contributed by atoms with Crippen molar-refractivity contribution in [3.8, 4) is 0 Å². The molecule has 1 aromatic carbocycles. The zero-order chi connectivity index (χ0) is 20.5. The average Bonchev–Trinajstić information content (AvgIpc) is 3.43. The number of anilines is 1. The first-order valence-corrected chi connectivity index (χ1v) is 11.0. The van der Waals surface area contributed by atoms with Crippen molar-refractivity contribution in [3.05, 3.63) is 47.6 Å². The maximum Gasteiger partial charge on any atom is 0.244 e. The Bertz CT molecular complexity index is 1010. The Balaban J connectivity index is 1.46. The van der Waals surface area contributed by atoms with Crippen molar-refractivity contribution in [1.29, 1.82) is 0 Å². The zero-order valence-corrected chi connectivity index (χ0v) is 17.8. The summed E-state index contributed by atoms with van der Waals surface area (Å²) in [5, 5.41) is 5.37. The molecule has 2 aliphatic heterocycles. The lowest BCUT2D eigenvalue weighted by molar-refractivity contribution is 0.122. The van der Waals surface area contributed by atoms with Crippen LogP contribution in [-0.2, 0) is 11.3 Å². The summed E-state index contributed by atoms with van der Waals surface area (Å²) in [4.78, 5) is 14.6. The van der Waals surface area contributed by atoms with Gasteiger partial charge in [-0.15, -0.1) is 0 Å². The molecule has 2 aliphatic rings. The van der Waals surface area contributed by atoms with Gasteiger partial charge in [0.25, 0.3) is 0 Å². The Labute approximate surface area is 177 Å². The van der Waals surface area contributed by atoms with Gasteiger partial charge in [-0.05, 0) is 31.5 Å². The van der Waals surface area contributed by atoms with Crippen LogP contribution in [0.2, 0.25) is 0 Å². The lowest BCUT2D eigenvalue weighted by atomic mass is 10.1. The van der Waals surface area contributed by atoms with Gasteiger partial charge in [-0.2, -0.15) is 4.98 Å². The lowest BCUT2D eigenvalue weighted by Crippen LogP contribution is -2.38. The maximum atomic E-state index is 5.65. The van der Waals surface area contributed by atoms with E-state index in [1.165, 1.54) is 10.9 Å². The van der Waals surface area contributed by atoms with Crippen molar-refractivity contribution in [1.82, 2.24) is 20.0 Å². The Morgan fingerprint density at radius 3 is 2.73 bits per heavy atom. The fourth-order valence-electron chi connectivity index (χ4n) is 4.45. The monoisotopic (exact) mass is 407 g/mol. The molecule has 2 saturated heterocycles. The van der Waals surface area contributed by atoms with E-state index in [9.17, 15) is 0 Å². The van der Waals surface area contributed by atoms with Gasteiger partial charge in [-0.3, -0.25) is 4.90 Å². The van der Waals surface area contributed by atoms with Crippen LogP contribution in [-0.4, -0.2) is 52.9 Å². The molecule has 0 radical (unpaired) electrons. The molecule has 5 rings (SSSR count). The summed E-state index contributed by atoms with van der Waals surface area (Å²) in [6.07, 6.45) is 2.19. The van der Waals surface area contributed by atoms with Crippen LogP contribution >= 0.6 is 0 Å². The highest BCUT2D eigenvalue weighted by molar-refractivity contribution is 5.81. The molecule has 1 atom stereocenters. The average molecular weight is 408 g/mol. The second-order valence-corrected chi connectivity index (χ2v) is 8.54. The SMILES string of the molecule is CC(C)c1noc([C@@H]2CCCN2Cc2cc3ccccc3nc2N2CCOCC2)n1. The van der Waals surface area contributed by atoms with Crippen molar-refractivity contribution < 1.29 is 9.26 Å². The van der Waals surface area contributed by atoms with E-state index >= 15 is 0 Å². The number of fused-ring (bicyclic) bond motifs is 1. The molecular weight excluding hydrogens is 378 g/mol. The Kier molecular flexibility index (Phi) is 5.39. The first-order chi connectivity index (χ1) is 14.7. The summed E-state index contributed by atoms with van der Waals surface area (Å²) in [6, 6.07) is 10.8. The molecule has 7 nitrogen and oxygen atoms in total. The number of morpholine rings is 1. The molecule has 2 aromatic heterocycles. The van der Waals surface area contributed by atoms with E-state index in [-0.39, 0.29) is 12.0 Å². The summed E-state index contributed by atoms with van der Waals surface area (Å²) in [5.74, 6) is 2.89. The molecule has 7 heteroatoms. The van der Waals surface area contributed by atoms with Crippen LogP contribution in [0, 0.1) is 0 Å². The van der Waals surface area contributed by atoms with Crippen LogP contribution in [0.15, 0.2) is 34.9 Å². The van der Waals surface area contributed by atoms with E-state index in [0.29, 0.717) is 0 Å². The number of pyridine rings is 1.